The molecule has 0 unspecified atom stereocenters. The van der Waals surface area contributed by atoms with Crippen LogP contribution in [-0.4, -0.2) is 28.9 Å². The highest BCUT2D eigenvalue weighted by Gasteiger charge is 2.31. The first-order valence-corrected chi connectivity index (χ1v) is 9.75. The van der Waals surface area contributed by atoms with Gasteiger partial charge < -0.3 is 19.8 Å². The Morgan fingerprint density at radius 2 is 1.79 bits per heavy atom. The lowest BCUT2D eigenvalue weighted by atomic mass is 10.2. The number of benzene rings is 2. The number of aromatic amines is 1. The molecule has 4 aromatic rings. The SMILES string of the molecule is COc1cccc(CNC(=O)c2cc3ccc(=O)n(-c4ccc(OC(F)(F)F)cc4)c3[nH]2)c1. The van der Waals surface area contributed by atoms with Gasteiger partial charge in [0.1, 0.15) is 22.8 Å². The molecule has 170 valence electrons. The number of nitrogens with zero attached hydrogens (tertiary/aromatic N) is 1. The van der Waals surface area contributed by atoms with E-state index in [2.05, 4.69) is 15.0 Å². The molecule has 2 aromatic heterocycles. The number of amides is 1. The number of hydrogen-bond donors (Lipinski definition) is 2. The number of carbonyl (C=O) groups is 1. The number of ether oxygens (including phenoxy) is 2. The van der Waals surface area contributed by atoms with Crippen LogP contribution in [0.2, 0.25) is 0 Å². The average molecular weight is 457 g/mol. The van der Waals surface area contributed by atoms with Gasteiger partial charge >= 0.3 is 6.36 Å². The fraction of sp³-hybridized carbons (Fsp3) is 0.130. The Labute approximate surface area is 185 Å². The molecule has 2 N–H and O–H groups in total. The molecule has 0 aliphatic carbocycles. The van der Waals surface area contributed by atoms with Crippen molar-refractivity contribution in [1.82, 2.24) is 14.9 Å². The zero-order valence-corrected chi connectivity index (χ0v) is 17.3. The van der Waals surface area contributed by atoms with Crippen LogP contribution in [0, 0.1) is 0 Å². The van der Waals surface area contributed by atoms with Crippen LogP contribution in [-0.2, 0) is 6.54 Å². The van der Waals surface area contributed by atoms with Crippen molar-refractivity contribution in [3.05, 3.63) is 88.3 Å². The zero-order valence-electron chi connectivity index (χ0n) is 17.3. The lowest BCUT2D eigenvalue weighted by Gasteiger charge is -2.11. The average Bonchev–Trinajstić information content (AvgIpc) is 3.22. The second-order valence-electron chi connectivity index (χ2n) is 7.07. The van der Waals surface area contributed by atoms with Crippen LogP contribution < -0.4 is 20.3 Å². The molecule has 10 heteroatoms. The molecule has 0 aliphatic heterocycles. The van der Waals surface area contributed by atoms with Gasteiger partial charge in [-0.25, -0.2) is 0 Å². The smallest absolute Gasteiger partial charge is 0.497 e. The summed E-state index contributed by atoms with van der Waals surface area (Å²) in [4.78, 5) is 28.1. The van der Waals surface area contributed by atoms with Gasteiger partial charge in [0.25, 0.3) is 11.5 Å². The molecule has 0 saturated carbocycles. The van der Waals surface area contributed by atoms with E-state index in [9.17, 15) is 22.8 Å². The number of halogens is 3. The first-order valence-electron chi connectivity index (χ1n) is 9.75. The van der Waals surface area contributed by atoms with Crippen LogP contribution in [0.15, 0.2) is 71.5 Å². The molecule has 2 aromatic carbocycles. The number of H-pyrrole nitrogens is 1. The molecule has 0 spiro atoms. The van der Waals surface area contributed by atoms with Crippen LogP contribution in [0.1, 0.15) is 16.1 Å². The first-order chi connectivity index (χ1) is 15.7. The fourth-order valence-corrected chi connectivity index (χ4v) is 3.35. The van der Waals surface area contributed by atoms with Gasteiger partial charge in [-0.3, -0.25) is 14.2 Å². The largest absolute Gasteiger partial charge is 0.573 e. The van der Waals surface area contributed by atoms with Crippen LogP contribution in [0.4, 0.5) is 13.2 Å². The fourth-order valence-electron chi connectivity index (χ4n) is 3.35. The van der Waals surface area contributed by atoms with Crippen molar-refractivity contribution < 1.29 is 27.4 Å². The highest BCUT2D eigenvalue weighted by molar-refractivity contribution is 5.97. The molecule has 0 aliphatic rings. The number of hydrogen-bond acceptors (Lipinski definition) is 4. The predicted octanol–water partition coefficient (Wildman–Crippen LogP) is 4.16. The van der Waals surface area contributed by atoms with E-state index in [4.69, 9.17) is 4.74 Å². The maximum absolute atomic E-state index is 12.7. The van der Waals surface area contributed by atoms with Crippen LogP contribution in [0.3, 0.4) is 0 Å². The third kappa shape index (κ3) is 5.00. The Morgan fingerprint density at radius 3 is 2.48 bits per heavy atom. The molecule has 0 bridgehead atoms. The third-order valence-electron chi connectivity index (χ3n) is 4.84. The van der Waals surface area contributed by atoms with Crippen LogP contribution in [0.25, 0.3) is 16.7 Å². The van der Waals surface area contributed by atoms with E-state index in [0.717, 1.165) is 17.7 Å². The Bertz CT molecular complexity index is 1360. The molecule has 2 heterocycles. The summed E-state index contributed by atoms with van der Waals surface area (Å²) in [6.45, 7) is 0.263. The monoisotopic (exact) mass is 457 g/mol. The van der Waals surface area contributed by atoms with Gasteiger partial charge in [-0.05, 0) is 54.1 Å². The van der Waals surface area contributed by atoms with Crippen molar-refractivity contribution in [2.75, 3.05) is 7.11 Å². The molecule has 0 saturated heterocycles. The lowest BCUT2D eigenvalue weighted by Crippen LogP contribution is -2.23. The second kappa shape index (κ2) is 8.73. The van der Waals surface area contributed by atoms with Crippen molar-refractivity contribution in [2.45, 2.75) is 12.9 Å². The number of aromatic nitrogens is 2. The quantitative estimate of drug-likeness (QED) is 0.456. The van der Waals surface area contributed by atoms with Crippen LogP contribution >= 0.6 is 0 Å². The molecule has 0 fully saturated rings. The lowest BCUT2D eigenvalue weighted by molar-refractivity contribution is -0.274. The number of nitrogens with one attached hydrogen (secondary N) is 2. The number of fused-ring (bicyclic) bond motifs is 1. The van der Waals surface area contributed by atoms with Gasteiger partial charge in [0.15, 0.2) is 0 Å². The van der Waals surface area contributed by atoms with E-state index in [-0.39, 0.29) is 18.1 Å². The number of carbonyl (C=O) groups excluding carboxylic acids is 1. The summed E-state index contributed by atoms with van der Waals surface area (Å²) in [6, 6.07) is 16.6. The molecule has 0 radical (unpaired) electrons. The van der Waals surface area contributed by atoms with Crippen molar-refractivity contribution in [3.63, 3.8) is 0 Å². The topological polar surface area (TPSA) is 85.3 Å². The summed E-state index contributed by atoms with van der Waals surface area (Å²) in [5.41, 5.74) is 1.29. The maximum atomic E-state index is 12.7. The molecule has 4 rings (SSSR count). The highest BCUT2D eigenvalue weighted by Crippen LogP contribution is 2.24. The van der Waals surface area contributed by atoms with Gasteiger partial charge in [-0.1, -0.05) is 12.1 Å². The summed E-state index contributed by atoms with van der Waals surface area (Å²) in [6.07, 6.45) is -4.81. The minimum Gasteiger partial charge on any atom is -0.497 e. The number of rotatable bonds is 6. The Hall–Kier alpha value is -4.21. The maximum Gasteiger partial charge on any atom is 0.573 e. The highest BCUT2D eigenvalue weighted by atomic mass is 19.4. The van der Waals surface area contributed by atoms with Crippen molar-refractivity contribution in [1.29, 1.82) is 0 Å². The molecule has 0 atom stereocenters. The Kier molecular flexibility index (Phi) is 5.82. The van der Waals surface area contributed by atoms with Crippen molar-refractivity contribution in [2.24, 2.45) is 0 Å². The number of alkyl halides is 3. The van der Waals surface area contributed by atoms with Gasteiger partial charge in [0.05, 0.1) is 12.8 Å². The molecular formula is C23H18F3N3O4. The molecular weight excluding hydrogens is 439 g/mol. The van der Waals surface area contributed by atoms with E-state index in [0.29, 0.717) is 22.5 Å². The first kappa shape index (κ1) is 22.0. The second-order valence-corrected chi connectivity index (χ2v) is 7.07. The summed E-state index contributed by atoms with van der Waals surface area (Å²) < 4.78 is 47.5. The van der Waals surface area contributed by atoms with Crippen molar-refractivity contribution in [3.8, 4) is 17.2 Å². The minimum atomic E-state index is -4.81. The van der Waals surface area contributed by atoms with Crippen LogP contribution in [0.5, 0.6) is 11.5 Å². The normalized spacial score (nSPS) is 11.4. The predicted molar refractivity (Wildman–Crippen MR) is 115 cm³/mol. The summed E-state index contributed by atoms with van der Waals surface area (Å²) >= 11 is 0. The summed E-state index contributed by atoms with van der Waals surface area (Å²) in [5.74, 6) is -0.124. The minimum absolute atomic E-state index is 0.226. The van der Waals surface area contributed by atoms with Gasteiger partial charge in [-0.15, -0.1) is 13.2 Å². The molecule has 1 amide bonds. The van der Waals surface area contributed by atoms with E-state index in [1.807, 2.05) is 12.1 Å². The Balaban J connectivity index is 1.60. The van der Waals surface area contributed by atoms with Crippen molar-refractivity contribution >= 4 is 16.9 Å². The number of pyridine rings is 1. The summed E-state index contributed by atoms with van der Waals surface area (Å²) in [7, 11) is 1.55. The standard InChI is InChI=1S/C23H18F3N3O4/c1-32-18-4-2-3-14(11-18)13-27-22(31)19-12-15-5-10-20(30)29(21(15)28-19)16-6-8-17(9-7-16)33-23(24,25)26/h2-12,28H,13H2,1H3,(H,27,31). The number of methoxy groups -OCH3 is 1. The van der Waals surface area contributed by atoms with E-state index >= 15 is 0 Å². The van der Waals surface area contributed by atoms with E-state index in [1.165, 1.54) is 22.8 Å². The third-order valence-corrected chi connectivity index (χ3v) is 4.84. The molecule has 7 nitrogen and oxygen atoms in total. The Morgan fingerprint density at radius 1 is 1.03 bits per heavy atom. The summed E-state index contributed by atoms with van der Waals surface area (Å²) in [5, 5.41) is 3.37. The van der Waals surface area contributed by atoms with Gasteiger partial charge in [-0.2, -0.15) is 0 Å². The van der Waals surface area contributed by atoms with Gasteiger partial charge in [0, 0.05) is 18.0 Å². The molecule has 33 heavy (non-hydrogen) atoms. The van der Waals surface area contributed by atoms with Gasteiger partial charge in [0.2, 0.25) is 0 Å². The van der Waals surface area contributed by atoms with E-state index in [1.54, 1.807) is 31.4 Å². The zero-order chi connectivity index (χ0) is 23.6. The van der Waals surface area contributed by atoms with E-state index < -0.39 is 17.7 Å².